The van der Waals surface area contributed by atoms with Crippen molar-refractivity contribution in [1.82, 2.24) is 0 Å². The molecule has 0 saturated carbocycles. The molecule has 0 heterocycles. The molecule has 3 aromatic carbocycles. The van der Waals surface area contributed by atoms with Crippen molar-refractivity contribution in [1.29, 1.82) is 0 Å². The molecule has 0 amide bonds. The maximum absolute atomic E-state index is 7.32. The van der Waals surface area contributed by atoms with Crippen LogP contribution in [0.2, 0.25) is 21.7 Å². The van der Waals surface area contributed by atoms with E-state index in [1.54, 1.807) is 0 Å². The van der Waals surface area contributed by atoms with Crippen LogP contribution in [0.5, 0.6) is 0 Å². The Morgan fingerprint density at radius 2 is 1.12 bits per heavy atom. The minimum Gasteiger partial charge on any atom is -0.546 e. The number of rotatable bonds is 10. The third-order valence-electron chi connectivity index (χ3n) is 9.39. The van der Waals surface area contributed by atoms with Crippen LogP contribution in [0.3, 0.4) is 0 Å². The standard InChI is InChI=1S/C38H52O2Si2/c1-29(2)41(30(3)4,31(5)6)40-34-26-25-33(37(27-34)32-19-13-10-14-20-32)28-39-42(38(7,8)9,35-21-15-11-16-22-35)36-23-17-12-18-24-36/h10-24,27-31,37H,25-26H2,1-9H3/b33-28+. The highest BCUT2D eigenvalue weighted by Gasteiger charge is 2.52. The summed E-state index contributed by atoms with van der Waals surface area (Å²) in [6.07, 6.45) is 6.41. The van der Waals surface area contributed by atoms with Crippen LogP contribution >= 0.6 is 0 Å². The summed E-state index contributed by atoms with van der Waals surface area (Å²) in [6, 6.07) is 32.7. The number of hydrogen-bond acceptors (Lipinski definition) is 2. The van der Waals surface area contributed by atoms with Gasteiger partial charge in [0.1, 0.15) is 0 Å². The van der Waals surface area contributed by atoms with Crippen LogP contribution in [-0.4, -0.2) is 16.6 Å². The smallest absolute Gasteiger partial charge is 0.319 e. The molecule has 224 valence electrons. The lowest BCUT2D eigenvalue weighted by atomic mass is 9.84. The molecule has 4 rings (SSSR count). The number of allylic oxidation sites excluding steroid dienone is 3. The zero-order valence-electron chi connectivity index (χ0n) is 27.4. The van der Waals surface area contributed by atoms with Crippen LogP contribution in [0.4, 0.5) is 0 Å². The summed E-state index contributed by atoms with van der Waals surface area (Å²) in [5, 5.41) is 2.52. The first-order valence-electron chi connectivity index (χ1n) is 15.9. The molecule has 0 aliphatic heterocycles. The largest absolute Gasteiger partial charge is 0.546 e. The van der Waals surface area contributed by atoms with E-state index >= 15 is 0 Å². The van der Waals surface area contributed by atoms with E-state index in [-0.39, 0.29) is 11.0 Å². The van der Waals surface area contributed by atoms with E-state index in [9.17, 15) is 0 Å². The highest BCUT2D eigenvalue weighted by molar-refractivity contribution is 6.99. The van der Waals surface area contributed by atoms with Crippen LogP contribution in [0, 0.1) is 0 Å². The van der Waals surface area contributed by atoms with Gasteiger partial charge in [-0.3, -0.25) is 0 Å². The van der Waals surface area contributed by atoms with Crippen LogP contribution < -0.4 is 10.4 Å². The van der Waals surface area contributed by atoms with E-state index < -0.39 is 16.6 Å². The van der Waals surface area contributed by atoms with Crippen molar-refractivity contribution in [2.45, 2.75) is 103 Å². The Morgan fingerprint density at radius 1 is 0.667 bits per heavy atom. The van der Waals surface area contributed by atoms with Gasteiger partial charge >= 0.3 is 8.32 Å². The molecule has 2 nitrogen and oxygen atoms in total. The van der Waals surface area contributed by atoms with E-state index in [2.05, 4.69) is 166 Å². The second-order valence-corrected chi connectivity index (χ2v) is 23.5. The predicted octanol–water partition coefficient (Wildman–Crippen LogP) is 10.1. The predicted molar refractivity (Wildman–Crippen MR) is 185 cm³/mol. The zero-order valence-corrected chi connectivity index (χ0v) is 29.4. The third-order valence-corrected chi connectivity index (χ3v) is 20.3. The van der Waals surface area contributed by atoms with Gasteiger partial charge < -0.3 is 8.85 Å². The van der Waals surface area contributed by atoms with Gasteiger partial charge in [-0.25, -0.2) is 0 Å². The molecule has 0 radical (unpaired) electrons. The van der Waals surface area contributed by atoms with Gasteiger partial charge in [0.15, 0.2) is 0 Å². The first-order valence-corrected chi connectivity index (χ1v) is 19.9. The van der Waals surface area contributed by atoms with E-state index in [4.69, 9.17) is 8.85 Å². The summed E-state index contributed by atoms with van der Waals surface area (Å²) in [7, 11) is -4.73. The van der Waals surface area contributed by atoms with Crippen LogP contribution in [0.25, 0.3) is 0 Å². The highest BCUT2D eigenvalue weighted by atomic mass is 28.4. The summed E-state index contributed by atoms with van der Waals surface area (Å²) in [5.41, 5.74) is 4.26. The monoisotopic (exact) mass is 596 g/mol. The third kappa shape index (κ3) is 6.26. The molecular formula is C38H52O2Si2. The maximum atomic E-state index is 7.32. The van der Waals surface area contributed by atoms with Gasteiger partial charge in [-0.15, -0.1) is 0 Å². The summed E-state index contributed by atoms with van der Waals surface area (Å²) < 4.78 is 14.6. The number of hydrogen-bond donors (Lipinski definition) is 0. The second kappa shape index (κ2) is 13.2. The van der Waals surface area contributed by atoms with Crippen LogP contribution in [0.15, 0.2) is 115 Å². The lowest BCUT2D eigenvalue weighted by Gasteiger charge is -2.44. The Labute approximate surface area is 258 Å². The first kappa shape index (κ1) is 32.1. The lowest BCUT2D eigenvalue weighted by Crippen LogP contribution is -2.65. The van der Waals surface area contributed by atoms with Gasteiger partial charge in [-0.05, 0) is 55.7 Å². The molecule has 0 spiro atoms. The van der Waals surface area contributed by atoms with E-state index in [1.807, 2.05) is 0 Å². The Balaban J connectivity index is 1.82. The highest BCUT2D eigenvalue weighted by Crippen LogP contribution is 2.46. The fraction of sp³-hybridized carbons (Fsp3) is 0.421. The summed E-state index contributed by atoms with van der Waals surface area (Å²) >= 11 is 0. The average molecular weight is 597 g/mol. The molecule has 0 bridgehead atoms. The van der Waals surface area contributed by atoms with E-state index in [0.29, 0.717) is 16.6 Å². The Morgan fingerprint density at radius 3 is 1.55 bits per heavy atom. The Bertz CT molecular complexity index is 1270. The quantitative estimate of drug-likeness (QED) is 0.171. The minimum atomic E-state index is -2.69. The van der Waals surface area contributed by atoms with Gasteiger partial charge in [0, 0.05) is 12.3 Å². The maximum Gasteiger partial charge on any atom is 0.319 e. The Hall–Kier alpha value is -2.83. The molecule has 0 fully saturated rings. The molecule has 3 aromatic rings. The van der Waals surface area contributed by atoms with Crippen molar-refractivity contribution in [3.8, 4) is 0 Å². The second-order valence-electron chi connectivity index (χ2n) is 13.9. The molecular weight excluding hydrogens is 545 g/mol. The van der Waals surface area contributed by atoms with Gasteiger partial charge in [0.05, 0.1) is 12.0 Å². The molecule has 1 unspecified atom stereocenters. The van der Waals surface area contributed by atoms with Crippen molar-refractivity contribution in [3.05, 3.63) is 120 Å². The molecule has 42 heavy (non-hydrogen) atoms. The van der Waals surface area contributed by atoms with Gasteiger partial charge in [-0.1, -0.05) is 153 Å². The molecule has 1 aliphatic rings. The SMILES string of the molecule is CC(C)[Si](OC1=CC(c2ccccc2)/C(=C/O[Si](c2ccccc2)(c2ccccc2)C(C)(C)C)CC1)(C(C)C)C(C)C. The molecule has 0 N–H and O–H groups in total. The molecule has 0 saturated heterocycles. The zero-order chi connectivity index (χ0) is 30.5. The van der Waals surface area contributed by atoms with Crippen molar-refractivity contribution >= 4 is 27.0 Å². The van der Waals surface area contributed by atoms with Crippen LogP contribution in [0.1, 0.15) is 86.6 Å². The molecule has 4 heteroatoms. The fourth-order valence-electron chi connectivity index (χ4n) is 7.42. The normalized spacial score (nSPS) is 17.6. The van der Waals surface area contributed by atoms with Crippen molar-refractivity contribution in [2.24, 2.45) is 0 Å². The lowest BCUT2D eigenvalue weighted by molar-refractivity contribution is 0.343. The van der Waals surface area contributed by atoms with Gasteiger partial charge in [-0.2, -0.15) is 0 Å². The first-order chi connectivity index (χ1) is 19.9. The van der Waals surface area contributed by atoms with Crippen molar-refractivity contribution in [2.75, 3.05) is 0 Å². The Kier molecular flexibility index (Phi) is 10.1. The minimum absolute atomic E-state index is 0.0786. The van der Waals surface area contributed by atoms with Gasteiger partial charge in [0.2, 0.25) is 0 Å². The molecule has 1 atom stereocenters. The topological polar surface area (TPSA) is 18.5 Å². The van der Waals surface area contributed by atoms with Crippen LogP contribution in [-0.2, 0) is 8.85 Å². The van der Waals surface area contributed by atoms with Gasteiger partial charge in [0.25, 0.3) is 8.32 Å². The summed E-state index contributed by atoms with van der Waals surface area (Å²) in [6.45, 7) is 21.2. The van der Waals surface area contributed by atoms with E-state index in [1.165, 1.54) is 27.3 Å². The summed E-state index contributed by atoms with van der Waals surface area (Å²) in [5.74, 6) is 1.31. The molecule has 0 aromatic heterocycles. The fourth-order valence-corrected chi connectivity index (χ4v) is 17.1. The van der Waals surface area contributed by atoms with Crippen molar-refractivity contribution in [3.63, 3.8) is 0 Å². The summed E-state index contributed by atoms with van der Waals surface area (Å²) in [4.78, 5) is 0. The van der Waals surface area contributed by atoms with E-state index in [0.717, 1.165) is 12.8 Å². The molecule has 1 aliphatic carbocycles. The van der Waals surface area contributed by atoms with Crippen molar-refractivity contribution < 1.29 is 8.85 Å². The number of benzene rings is 3. The average Bonchev–Trinajstić information content (AvgIpc) is 2.97.